The van der Waals surface area contributed by atoms with E-state index in [1.165, 1.54) is 0 Å². The number of amides is 1. The summed E-state index contributed by atoms with van der Waals surface area (Å²) in [5.74, 6) is 0.356. The molecule has 102 valence electrons. The number of hydrogen-bond acceptors (Lipinski definition) is 4. The van der Waals surface area contributed by atoms with Crippen molar-refractivity contribution >= 4 is 27.5 Å². The normalized spacial score (nSPS) is 13.6. The zero-order valence-corrected chi connectivity index (χ0v) is 12.4. The first-order valence-corrected chi connectivity index (χ1v) is 6.98. The van der Waals surface area contributed by atoms with Crippen LogP contribution in [0.1, 0.15) is 16.2 Å². The van der Waals surface area contributed by atoms with Gasteiger partial charge in [-0.05, 0) is 47.1 Å². The van der Waals surface area contributed by atoms with Crippen LogP contribution in [0.4, 0.5) is 5.69 Å². The Bertz CT molecular complexity index is 658. The van der Waals surface area contributed by atoms with E-state index in [4.69, 9.17) is 4.74 Å². The minimum atomic E-state index is -0.146. The Morgan fingerprint density at radius 2 is 2.20 bits per heavy atom. The molecule has 6 heteroatoms. The summed E-state index contributed by atoms with van der Waals surface area (Å²) in [5.41, 5.74) is 1.96. The fourth-order valence-corrected chi connectivity index (χ4v) is 2.28. The summed E-state index contributed by atoms with van der Waals surface area (Å²) in [6.45, 7) is 2.82. The van der Waals surface area contributed by atoms with Gasteiger partial charge in [0.1, 0.15) is 18.0 Å². The third-order valence-corrected chi connectivity index (χ3v) is 3.48. The van der Waals surface area contributed by atoms with Crippen molar-refractivity contribution in [1.82, 2.24) is 9.97 Å². The summed E-state index contributed by atoms with van der Waals surface area (Å²) in [6.07, 6.45) is 1.61. The molecule has 3 heterocycles. The maximum absolute atomic E-state index is 12.5. The number of nitrogens with zero attached hydrogens (tertiary/aromatic N) is 3. The number of ether oxygens (including phenoxy) is 1. The Kier molecular flexibility index (Phi) is 3.40. The molecule has 1 aliphatic rings. The second kappa shape index (κ2) is 5.20. The highest BCUT2D eigenvalue weighted by Gasteiger charge is 2.26. The van der Waals surface area contributed by atoms with E-state index >= 15 is 0 Å². The Morgan fingerprint density at radius 3 is 2.95 bits per heavy atom. The van der Waals surface area contributed by atoms with Crippen molar-refractivity contribution in [3.05, 3.63) is 46.3 Å². The Morgan fingerprint density at radius 1 is 1.35 bits per heavy atom. The quantitative estimate of drug-likeness (QED) is 0.804. The molecule has 5 nitrogen and oxygen atoms in total. The molecular weight excluding hydrogens is 322 g/mol. The van der Waals surface area contributed by atoms with E-state index in [9.17, 15) is 4.79 Å². The van der Waals surface area contributed by atoms with Crippen molar-refractivity contribution in [2.45, 2.75) is 6.92 Å². The van der Waals surface area contributed by atoms with E-state index in [0.717, 1.165) is 10.2 Å². The van der Waals surface area contributed by atoms with Gasteiger partial charge in [-0.15, -0.1) is 0 Å². The molecule has 3 rings (SSSR count). The number of pyridine rings is 2. The average Bonchev–Trinajstić information content (AvgIpc) is 2.46. The van der Waals surface area contributed by atoms with E-state index in [1.54, 1.807) is 23.2 Å². The fraction of sp³-hybridized carbons (Fsp3) is 0.214. The molecule has 0 fully saturated rings. The minimum absolute atomic E-state index is 0.146. The van der Waals surface area contributed by atoms with Crippen molar-refractivity contribution in [1.29, 1.82) is 0 Å². The molecule has 2 aromatic rings. The van der Waals surface area contributed by atoms with Crippen LogP contribution < -0.4 is 9.64 Å². The predicted octanol–water partition coefficient (Wildman–Crippen LogP) is 2.59. The van der Waals surface area contributed by atoms with Crippen molar-refractivity contribution in [3.8, 4) is 5.88 Å². The first-order valence-electron chi connectivity index (χ1n) is 6.19. The molecule has 0 atom stereocenters. The van der Waals surface area contributed by atoms with Gasteiger partial charge in [-0.25, -0.2) is 9.97 Å². The number of hydrogen-bond donors (Lipinski definition) is 0. The summed E-state index contributed by atoms with van der Waals surface area (Å²) >= 11 is 3.31. The Hall–Kier alpha value is -1.95. The summed E-state index contributed by atoms with van der Waals surface area (Å²) < 4.78 is 6.35. The van der Waals surface area contributed by atoms with Crippen LogP contribution in [0, 0.1) is 6.92 Å². The number of anilines is 1. The van der Waals surface area contributed by atoms with Gasteiger partial charge in [0.15, 0.2) is 0 Å². The number of carbonyl (C=O) groups is 1. The second-order valence-corrected chi connectivity index (χ2v) is 5.36. The summed E-state index contributed by atoms with van der Waals surface area (Å²) in [5, 5.41) is 0. The van der Waals surface area contributed by atoms with Crippen molar-refractivity contribution in [3.63, 3.8) is 0 Å². The first kappa shape index (κ1) is 13.1. The van der Waals surface area contributed by atoms with Crippen LogP contribution in [0.25, 0.3) is 0 Å². The van der Waals surface area contributed by atoms with Crippen LogP contribution in [-0.2, 0) is 0 Å². The van der Waals surface area contributed by atoms with Crippen LogP contribution in [0.2, 0.25) is 0 Å². The van der Waals surface area contributed by atoms with E-state index in [2.05, 4.69) is 25.9 Å². The third-order valence-electron chi connectivity index (χ3n) is 3.02. The Balaban J connectivity index is 1.96. The maximum Gasteiger partial charge on any atom is 0.277 e. The zero-order chi connectivity index (χ0) is 14.1. The van der Waals surface area contributed by atoms with E-state index in [-0.39, 0.29) is 5.91 Å². The molecule has 2 aromatic heterocycles. The van der Waals surface area contributed by atoms with Crippen LogP contribution >= 0.6 is 15.9 Å². The van der Waals surface area contributed by atoms with Gasteiger partial charge in [0.25, 0.3) is 5.91 Å². The van der Waals surface area contributed by atoms with Crippen LogP contribution in [0.5, 0.6) is 5.88 Å². The van der Waals surface area contributed by atoms with Gasteiger partial charge < -0.3 is 4.74 Å². The van der Waals surface area contributed by atoms with Gasteiger partial charge in [-0.2, -0.15) is 0 Å². The maximum atomic E-state index is 12.5. The molecule has 0 bridgehead atoms. The summed E-state index contributed by atoms with van der Waals surface area (Å²) in [4.78, 5) is 22.6. The van der Waals surface area contributed by atoms with Gasteiger partial charge in [-0.1, -0.05) is 0 Å². The monoisotopic (exact) mass is 333 g/mol. The second-order valence-electron chi connectivity index (χ2n) is 4.44. The van der Waals surface area contributed by atoms with Gasteiger partial charge in [-0.3, -0.25) is 9.69 Å². The molecule has 0 aliphatic carbocycles. The Labute approximate surface area is 124 Å². The highest BCUT2D eigenvalue weighted by atomic mass is 79.9. The van der Waals surface area contributed by atoms with E-state index in [1.807, 2.05) is 19.1 Å². The van der Waals surface area contributed by atoms with Crippen molar-refractivity contribution < 1.29 is 9.53 Å². The van der Waals surface area contributed by atoms with Crippen molar-refractivity contribution in [2.24, 2.45) is 0 Å². The van der Waals surface area contributed by atoms with Crippen LogP contribution in [0.15, 0.2) is 34.9 Å². The number of aryl methyl sites for hydroxylation is 1. The molecule has 1 amide bonds. The van der Waals surface area contributed by atoms with E-state index in [0.29, 0.717) is 30.4 Å². The summed E-state index contributed by atoms with van der Waals surface area (Å²) in [6, 6.07) is 7.22. The van der Waals surface area contributed by atoms with Crippen LogP contribution in [-0.4, -0.2) is 29.0 Å². The molecule has 0 unspecified atom stereocenters. The molecule has 0 radical (unpaired) electrons. The van der Waals surface area contributed by atoms with Crippen molar-refractivity contribution in [2.75, 3.05) is 18.1 Å². The number of rotatable bonds is 1. The lowest BCUT2D eigenvalue weighted by Gasteiger charge is -2.28. The molecule has 0 aromatic carbocycles. The number of fused-ring (bicyclic) bond motifs is 1. The fourth-order valence-electron chi connectivity index (χ4n) is 2.04. The SMILES string of the molecule is Cc1ccc2c(n1)OCCN2C(=O)c1ccc(Br)cn1. The molecule has 0 N–H and O–H groups in total. The van der Waals surface area contributed by atoms with Gasteiger partial charge in [0.05, 0.1) is 6.54 Å². The van der Waals surface area contributed by atoms with Gasteiger partial charge >= 0.3 is 0 Å². The topological polar surface area (TPSA) is 55.3 Å². The number of carbonyl (C=O) groups excluding carboxylic acids is 1. The third kappa shape index (κ3) is 2.38. The minimum Gasteiger partial charge on any atom is -0.474 e. The lowest BCUT2D eigenvalue weighted by atomic mass is 10.2. The standard InChI is InChI=1S/C14H12BrN3O2/c1-9-2-5-12-13(17-9)20-7-6-18(12)14(19)11-4-3-10(15)8-16-11/h2-5,8H,6-7H2,1H3. The molecular formula is C14H12BrN3O2. The van der Waals surface area contributed by atoms with E-state index < -0.39 is 0 Å². The number of halogens is 1. The average molecular weight is 334 g/mol. The van der Waals surface area contributed by atoms with Gasteiger partial charge in [0.2, 0.25) is 5.88 Å². The lowest BCUT2D eigenvalue weighted by molar-refractivity contribution is 0.0971. The lowest BCUT2D eigenvalue weighted by Crippen LogP contribution is -2.38. The highest BCUT2D eigenvalue weighted by Crippen LogP contribution is 2.30. The number of aromatic nitrogens is 2. The largest absolute Gasteiger partial charge is 0.474 e. The molecule has 0 saturated carbocycles. The van der Waals surface area contributed by atoms with Gasteiger partial charge in [0, 0.05) is 16.4 Å². The van der Waals surface area contributed by atoms with Crippen LogP contribution in [0.3, 0.4) is 0 Å². The smallest absolute Gasteiger partial charge is 0.277 e. The highest BCUT2D eigenvalue weighted by molar-refractivity contribution is 9.10. The molecule has 20 heavy (non-hydrogen) atoms. The molecule has 1 aliphatic heterocycles. The first-order chi connectivity index (χ1) is 9.65. The molecule has 0 saturated heterocycles. The zero-order valence-electron chi connectivity index (χ0n) is 10.8. The molecule has 0 spiro atoms. The summed E-state index contributed by atoms with van der Waals surface area (Å²) in [7, 11) is 0. The predicted molar refractivity (Wildman–Crippen MR) is 78.1 cm³/mol.